The van der Waals surface area contributed by atoms with E-state index in [4.69, 9.17) is 0 Å². The molecule has 3 rings (SSSR count). The van der Waals surface area contributed by atoms with Crippen LogP contribution in [0.3, 0.4) is 0 Å². The molecule has 82 valence electrons. The molecule has 0 unspecified atom stereocenters. The van der Waals surface area contributed by atoms with Crippen molar-refractivity contribution in [3.63, 3.8) is 0 Å². The van der Waals surface area contributed by atoms with Crippen LogP contribution in [-0.2, 0) is 19.5 Å². The average Bonchev–Trinajstić information content (AvgIpc) is 2.60. The first-order chi connectivity index (χ1) is 7.43. The van der Waals surface area contributed by atoms with Crippen molar-refractivity contribution in [3.8, 4) is 0 Å². The Hall–Kier alpha value is -0.830. The second kappa shape index (κ2) is 3.97. The van der Waals surface area contributed by atoms with Crippen LogP contribution in [0.25, 0.3) is 0 Å². The van der Waals surface area contributed by atoms with Gasteiger partial charge in [0.05, 0.1) is 12.0 Å². The van der Waals surface area contributed by atoms with E-state index in [1.165, 1.54) is 56.5 Å². The van der Waals surface area contributed by atoms with E-state index in [-0.39, 0.29) is 0 Å². The largest absolute Gasteiger partial charge is 0.334 e. The minimum Gasteiger partial charge on any atom is -0.334 e. The molecule has 1 aliphatic carbocycles. The molecule has 3 nitrogen and oxygen atoms in total. The van der Waals surface area contributed by atoms with E-state index in [2.05, 4.69) is 14.9 Å². The molecule has 0 amide bonds. The summed E-state index contributed by atoms with van der Waals surface area (Å²) >= 11 is 0. The number of aryl methyl sites for hydroxylation is 1. The quantitative estimate of drug-likeness (QED) is 0.816. The average molecular weight is 205 g/mol. The maximum atomic E-state index is 4.53. The van der Waals surface area contributed by atoms with Crippen LogP contribution in [0.5, 0.6) is 0 Å². The van der Waals surface area contributed by atoms with Crippen molar-refractivity contribution in [1.82, 2.24) is 14.9 Å². The minimum absolute atomic E-state index is 0.769. The summed E-state index contributed by atoms with van der Waals surface area (Å²) in [6, 6.07) is 0.769. The molecule has 0 bridgehead atoms. The zero-order chi connectivity index (χ0) is 10.1. The van der Waals surface area contributed by atoms with Gasteiger partial charge >= 0.3 is 0 Å². The fraction of sp³-hybridized carbons (Fsp3) is 0.750. The zero-order valence-corrected chi connectivity index (χ0v) is 9.21. The summed E-state index contributed by atoms with van der Waals surface area (Å²) in [5.41, 5.74) is 2.77. The van der Waals surface area contributed by atoms with Gasteiger partial charge in [-0.15, -0.1) is 0 Å². The monoisotopic (exact) mass is 205 g/mol. The third kappa shape index (κ3) is 1.81. The van der Waals surface area contributed by atoms with E-state index in [1.807, 2.05) is 6.33 Å². The highest BCUT2D eigenvalue weighted by Crippen LogP contribution is 2.21. The van der Waals surface area contributed by atoms with E-state index in [1.54, 1.807) is 0 Å². The summed E-state index contributed by atoms with van der Waals surface area (Å²) in [7, 11) is 0. The summed E-state index contributed by atoms with van der Waals surface area (Å²) < 4.78 is 2.33. The SMILES string of the molecule is c1nc(CNC2CCC2)c2n1CCCC2. The Balaban J connectivity index is 1.66. The fourth-order valence-corrected chi connectivity index (χ4v) is 2.51. The topological polar surface area (TPSA) is 29.9 Å². The van der Waals surface area contributed by atoms with Crippen LogP contribution in [0, 0.1) is 0 Å². The van der Waals surface area contributed by atoms with Crippen LogP contribution in [0.4, 0.5) is 0 Å². The highest BCUT2D eigenvalue weighted by atomic mass is 15.1. The van der Waals surface area contributed by atoms with E-state index in [9.17, 15) is 0 Å². The van der Waals surface area contributed by atoms with Crippen LogP contribution < -0.4 is 5.32 Å². The molecule has 0 aromatic carbocycles. The standard InChI is InChI=1S/C12H19N3/c1-2-7-15-9-14-11(12(15)6-1)8-13-10-4-3-5-10/h9-10,13H,1-8H2. The van der Waals surface area contributed by atoms with Gasteiger partial charge in [0, 0.05) is 24.8 Å². The van der Waals surface area contributed by atoms with Crippen LogP contribution in [-0.4, -0.2) is 15.6 Å². The van der Waals surface area contributed by atoms with Crippen molar-refractivity contribution in [2.24, 2.45) is 0 Å². The molecule has 0 saturated heterocycles. The van der Waals surface area contributed by atoms with Crippen molar-refractivity contribution in [1.29, 1.82) is 0 Å². The lowest BCUT2D eigenvalue weighted by molar-refractivity contribution is 0.336. The number of nitrogens with one attached hydrogen (secondary N) is 1. The van der Waals surface area contributed by atoms with Crippen LogP contribution in [0.2, 0.25) is 0 Å². The van der Waals surface area contributed by atoms with E-state index in [0.29, 0.717) is 0 Å². The van der Waals surface area contributed by atoms with E-state index >= 15 is 0 Å². The number of hydrogen-bond donors (Lipinski definition) is 1. The third-order valence-corrected chi connectivity index (χ3v) is 3.76. The predicted molar refractivity (Wildman–Crippen MR) is 59.6 cm³/mol. The number of hydrogen-bond acceptors (Lipinski definition) is 2. The normalized spacial score (nSPS) is 21.1. The van der Waals surface area contributed by atoms with Gasteiger partial charge in [-0.2, -0.15) is 0 Å². The van der Waals surface area contributed by atoms with Crippen LogP contribution in [0.15, 0.2) is 6.33 Å². The molecule has 2 heterocycles. The molecule has 0 spiro atoms. The van der Waals surface area contributed by atoms with Gasteiger partial charge in [0.15, 0.2) is 0 Å². The Kier molecular flexibility index (Phi) is 2.49. The summed E-state index contributed by atoms with van der Waals surface area (Å²) in [6.45, 7) is 2.15. The molecule has 1 aromatic heterocycles. The molecule has 15 heavy (non-hydrogen) atoms. The van der Waals surface area contributed by atoms with Crippen molar-refractivity contribution >= 4 is 0 Å². The molecule has 1 aromatic rings. The first kappa shape index (κ1) is 9.40. The smallest absolute Gasteiger partial charge is 0.0952 e. The first-order valence-electron chi connectivity index (χ1n) is 6.20. The number of rotatable bonds is 3. The summed E-state index contributed by atoms with van der Waals surface area (Å²) in [4.78, 5) is 4.53. The lowest BCUT2D eigenvalue weighted by Crippen LogP contribution is -2.34. The molecular weight excluding hydrogens is 186 g/mol. The van der Waals surface area contributed by atoms with Gasteiger partial charge in [-0.05, 0) is 32.1 Å². The molecule has 0 atom stereocenters. The lowest BCUT2D eigenvalue weighted by Gasteiger charge is -2.26. The summed E-state index contributed by atoms with van der Waals surface area (Å²) in [5.74, 6) is 0. The Bertz CT molecular complexity index is 339. The van der Waals surface area contributed by atoms with Crippen molar-refractivity contribution in [3.05, 3.63) is 17.7 Å². The maximum absolute atomic E-state index is 4.53. The number of fused-ring (bicyclic) bond motifs is 1. The predicted octanol–water partition coefficient (Wildman–Crippen LogP) is 1.86. The molecule has 1 aliphatic heterocycles. The van der Waals surface area contributed by atoms with Gasteiger partial charge in [-0.3, -0.25) is 0 Å². The zero-order valence-electron chi connectivity index (χ0n) is 9.21. The molecule has 2 aliphatic rings. The number of aromatic nitrogens is 2. The van der Waals surface area contributed by atoms with Gasteiger partial charge in [-0.25, -0.2) is 4.98 Å². The number of imidazole rings is 1. The highest BCUT2D eigenvalue weighted by molar-refractivity contribution is 5.15. The van der Waals surface area contributed by atoms with Crippen molar-refractivity contribution in [2.75, 3.05) is 0 Å². The third-order valence-electron chi connectivity index (χ3n) is 3.76. The molecule has 0 radical (unpaired) electrons. The summed E-state index contributed by atoms with van der Waals surface area (Å²) in [5, 5.41) is 3.60. The van der Waals surface area contributed by atoms with Crippen LogP contribution >= 0.6 is 0 Å². The van der Waals surface area contributed by atoms with Gasteiger partial charge < -0.3 is 9.88 Å². The van der Waals surface area contributed by atoms with Gasteiger partial charge in [-0.1, -0.05) is 6.42 Å². The van der Waals surface area contributed by atoms with E-state index in [0.717, 1.165) is 12.6 Å². The lowest BCUT2D eigenvalue weighted by atomic mass is 9.93. The minimum atomic E-state index is 0.769. The fourth-order valence-electron chi connectivity index (χ4n) is 2.51. The highest BCUT2D eigenvalue weighted by Gasteiger charge is 2.19. The van der Waals surface area contributed by atoms with E-state index < -0.39 is 0 Å². The maximum Gasteiger partial charge on any atom is 0.0952 e. The Labute approximate surface area is 90.9 Å². The van der Waals surface area contributed by atoms with Gasteiger partial charge in [0.2, 0.25) is 0 Å². The van der Waals surface area contributed by atoms with Crippen LogP contribution in [0.1, 0.15) is 43.5 Å². The second-order valence-corrected chi connectivity index (χ2v) is 4.80. The molecule has 3 heteroatoms. The molecule has 1 N–H and O–H groups in total. The van der Waals surface area contributed by atoms with Crippen molar-refractivity contribution < 1.29 is 0 Å². The molecule has 1 fully saturated rings. The van der Waals surface area contributed by atoms with Gasteiger partial charge in [0.1, 0.15) is 0 Å². The Morgan fingerprint density at radius 3 is 3.07 bits per heavy atom. The Morgan fingerprint density at radius 2 is 2.27 bits per heavy atom. The van der Waals surface area contributed by atoms with Gasteiger partial charge in [0.25, 0.3) is 0 Å². The summed E-state index contributed by atoms with van der Waals surface area (Å²) in [6.07, 6.45) is 10.0. The van der Waals surface area contributed by atoms with Crippen molar-refractivity contribution in [2.45, 2.75) is 57.7 Å². The molecule has 1 saturated carbocycles. The Morgan fingerprint density at radius 1 is 1.33 bits per heavy atom. The molecular formula is C12H19N3. The second-order valence-electron chi connectivity index (χ2n) is 4.80. The first-order valence-corrected chi connectivity index (χ1v) is 6.20. The number of nitrogens with zero attached hydrogens (tertiary/aromatic N) is 2.